The van der Waals surface area contributed by atoms with Gasteiger partial charge in [0.05, 0.1) is 32.1 Å². The van der Waals surface area contributed by atoms with Crippen molar-refractivity contribution >= 4 is 34.1 Å². The van der Waals surface area contributed by atoms with E-state index in [-0.39, 0.29) is 23.7 Å². The van der Waals surface area contributed by atoms with E-state index >= 15 is 13.2 Å². The Labute approximate surface area is 244 Å². The Morgan fingerprint density at radius 3 is 2.33 bits per heavy atom. The molecule has 4 aromatic rings. The molecule has 0 saturated heterocycles. The van der Waals surface area contributed by atoms with Gasteiger partial charge >= 0.3 is 6.03 Å². The molecule has 0 radical (unpaired) electrons. The summed E-state index contributed by atoms with van der Waals surface area (Å²) in [6.07, 6.45) is 3.68. The molecule has 1 N–H and O–H groups in total. The van der Waals surface area contributed by atoms with E-state index in [2.05, 4.69) is 26.7 Å². The highest BCUT2D eigenvalue weighted by molar-refractivity contribution is 6.15. The fraction of sp³-hybridized carbons (Fsp3) is 0.290. The number of ether oxygens (including phenoxy) is 2. The van der Waals surface area contributed by atoms with Crippen molar-refractivity contribution in [3.63, 3.8) is 0 Å². The predicted octanol–water partition coefficient (Wildman–Crippen LogP) is 6.06. The van der Waals surface area contributed by atoms with Gasteiger partial charge in [-0.05, 0) is 18.2 Å². The third kappa shape index (κ3) is 4.99. The average molecular weight is 594 g/mol. The van der Waals surface area contributed by atoms with Crippen LogP contribution in [0.2, 0.25) is 0 Å². The summed E-state index contributed by atoms with van der Waals surface area (Å²) in [5.41, 5.74) is 0.654. The largest absolute Gasteiger partial charge is 0.493 e. The number of aromatic amines is 1. The van der Waals surface area contributed by atoms with Crippen LogP contribution in [0, 0.1) is 35.1 Å². The number of rotatable bonds is 7. The molecule has 0 fully saturated rings. The number of anilines is 3. The number of amides is 2. The number of carbonyl (C=O) groups is 1. The predicted molar refractivity (Wildman–Crippen MR) is 153 cm³/mol. The first-order chi connectivity index (χ1) is 20.8. The van der Waals surface area contributed by atoms with Crippen molar-refractivity contribution < 1.29 is 31.8 Å². The maximum Gasteiger partial charge on any atom is 0.334 e. The summed E-state index contributed by atoms with van der Waals surface area (Å²) in [7, 11) is 2.37. The number of methoxy groups -OCH3 is 2. The zero-order valence-corrected chi connectivity index (χ0v) is 23.4. The number of hydrogen-bond donors (Lipinski definition) is 1. The molecule has 6 rings (SSSR count). The van der Waals surface area contributed by atoms with Crippen LogP contribution in [0.25, 0.3) is 11.0 Å². The fourth-order valence-corrected chi connectivity index (χ4v) is 5.52. The molecule has 2 aliphatic heterocycles. The summed E-state index contributed by atoms with van der Waals surface area (Å²) < 4.78 is 71.1. The van der Waals surface area contributed by atoms with Gasteiger partial charge in [-0.1, -0.05) is 6.07 Å². The number of nitrogens with one attached hydrogen (secondary N) is 1. The van der Waals surface area contributed by atoms with Gasteiger partial charge in [-0.2, -0.15) is 0 Å². The molecule has 4 heterocycles. The number of aromatic nitrogens is 2. The Balaban J connectivity index is 1.48. The summed E-state index contributed by atoms with van der Waals surface area (Å²) in [5.74, 6) is 0.729. The SMILES string of the molecule is COc1cc(OC)c(F)c(N2Cc3cnc4[nH]c(CCN5CCC#CCC5)cc4c3N(c3cccc(F)c3F)C2=O)c1F. The van der Waals surface area contributed by atoms with Gasteiger partial charge in [0, 0.05) is 67.8 Å². The second kappa shape index (κ2) is 11.5. The first-order valence-corrected chi connectivity index (χ1v) is 13.7. The highest BCUT2D eigenvalue weighted by Crippen LogP contribution is 2.45. The van der Waals surface area contributed by atoms with Crippen LogP contribution in [0.3, 0.4) is 0 Å². The van der Waals surface area contributed by atoms with Gasteiger partial charge in [0.15, 0.2) is 34.8 Å². The molecule has 0 saturated carbocycles. The van der Waals surface area contributed by atoms with Crippen molar-refractivity contribution in [1.82, 2.24) is 14.9 Å². The van der Waals surface area contributed by atoms with Crippen molar-refractivity contribution in [3.05, 3.63) is 71.1 Å². The molecule has 2 amide bonds. The molecule has 0 atom stereocenters. The molecule has 43 heavy (non-hydrogen) atoms. The highest BCUT2D eigenvalue weighted by Gasteiger charge is 2.40. The number of H-pyrrole nitrogens is 1. The van der Waals surface area contributed by atoms with Gasteiger partial charge in [-0.25, -0.2) is 27.3 Å². The number of benzene rings is 2. The molecule has 2 aromatic carbocycles. The normalized spacial score (nSPS) is 15.3. The third-order valence-electron chi connectivity index (χ3n) is 7.66. The second-order valence-electron chi connectivity index (χ2n) is 10.2. The van der Waals surface area contributed by atoms with E-state index < -0.39 is 40.7 Å². The van der Waals surface area contributed by atoms with Crippen LogP contribution in [0.1, 0.15) is 24.1 Å². The summed E-state index contributed by atoms with van der Waals surface area (Å²) >= 11 is 0. The van der Waals surface area contributed by atoms with E-state index in [0.717, 1.165) is 60.1 Å². The van der Waals surface area contributed by atoms with Crippen molar-refractivity contribution in [2.45, 2.75) is 25.8 Å². The minimum Gasteiger partial charge on any atom is -0.493 e. The molecule has 12 heteroatoms. The Bertz CT molecular complexity index is 1760. The van der Waals surface area contributed by atoms with Gasteiger partial charge in [0.1, 0.15) is 11.3 Å². The van der Waals surface area contributed by atoms with Crippen LogP contribution in [0.15, 0.2) is 36.5 Å². The Morgan fingerprint density at radius 1 is 0.953 bits per heavy atom. The van der Waals surface area contributed by atoms with Crippen LogP contribution in [0.4, 0.5) is 39.4 Å². The first-order valence-electron chi connectivity index (χ1n) is 13.7. The third-order valence-corrected chi connectivity index (χ3v) is 7.66. The second-order valence-corrected chi connectivity index (χ2v) is 10.2. The smallest absolute Gasteiger partial charge is 0.334 e. The molecular weight excluding hydrogens is 566 g/mol. The quantitative estimate of drug-likeness (QED) is 0.209. The molecule has 0 spiro atoms. The van der Waals surface area contributed by atoms with Crippen molar-refractivity contribution in [2.75, 3.05) is 43.7 Å². The Kier molecular flexibility index (Phi) is 7.58. The lowest BCUT2D eigenvalue weighted by Gasteiger charge is -2.37. The number of halogens is 4. The number of fused-ring (bicyclic) bond motifs is 3. The number of nitrogens with zero attached hydrogens (tertiary/aromatic N) is 4. The van der Waals surface area contributed by atoms with Crippen LogP contribution in [-0.4, -0.2) is 54.8 Å². The fourth-order valence-electron chi connectivity index (χ4n) is 5.52. The molecule has 0 bridgehead atoms. The molecule has 2 aliphatic rings. The van der Waals surface area contributed by atoms with Gasteiger partial charge in [-0.15, -0.1) is 11.8 Å². The minimum atomic E-state index is -1.29. The standard InChI is InChI=1S/C31H27F4N5O3/c1-42-23-15-24(43-2)27(35)29(26(23)34)39-17-18-16-36-30-20(14-19(37-30)10-13-38-11-5-3-4-6-12-38)28(18)40(31(39)41)22-9-7-8-21(32)25(22)33/h7-9,14-16H,5-6,10-13,17H2,1-2H3,(H,36,37). The summed E-state index contributed by atoms with van der Waals surface area (Å²) in [6, 6.07) is 5.22. The number of hydrogen-bond acceptors (Lipinski definition) is 5. The van der Waals surface area contributed by atoms with E-state index in [1.165, 1.54) is 32.5 Å². The molecule has 222 valence electrons. The first kappa shape index (κ1) is 28.4. The van der Waals surface area contributed by atoms with Gasteiger partial charge in [0.25, 0.3) is 0 Å². The maximum atomic E-state index is 15.6. The van der Waals surface area contributed by atoms with Gasteiger partial charge < -0.3 is 19.4 Å². The Hall–Kier alpha value is -4.76. The lowest BCUT2D eigenvalue weighted by Crippen LogP contribution is -2.46. The zero-order valence-electron chi connectivity index (χ0n) is 23.4. The lowest BCUT2D eigenvalue weighted by molar-refractivity contribution is 0.251. The monoisotopic (exact) mass is 593 g/mol. The van der Waals surface area contributed by atoms with E-state index in [9.17, 15) is 9.18 Å². The van der Waals surface area contributed by atoms with Crippen LogP contribution in [0.5, 0.6) is 11.5 Å². The topological polar surface area (TPSA) is 73.9 Å². The van der Waals surface area contributed by atoms with Gasteiger partial charge in [0.2, 0.25) is 0 Å². The minimum absolute atomic E-state index is 0.233. The van der Waals surface area contributed by atoms with E-state index in [0.29, 0.717) is 23.0 Å². The summed E-state index contributed by atoms with van der Waals surface area (Å²) in [4.78, 5) is 26.0. The zero-order chi connectivity index (χ0) is 30.2. The summed E-state index contributed by atoms with van der Waals surface area (Å²) in [5, 5.41) is 0.479. The number of carbonyl (C=O) groups excluding carboxylic acids is 1. The van der Waals surface area contributed by atoms with Crippen LogP contribution in [-0.2, 0) is 13.0 Å². The number of urea groups is 1. The molecule has 0 aliphatic carbocycles. The average Bonchev–Trinajstić information content (AvgIpc) is 3.24. The van der Waals surface area contributed by atoms with E-state index in [1.807, 2.05) is 6.07 Å². The van der Waals surface area contributed by atoms with Crippen molar-refractivity contribution in [3.8, 4) is 23.3 Å². The molecule has 2 aromatic heterocycles. The highest BCUT2D eigenvalue weighted by atomic mass is 19.2. The summed E-state index contributed by atoms with van der Waals surface area (Å²) in [6.45, 7) is 2.16. The van der Waals surface area contributed by atoms with E-state index in [1.54, 1.807) is 0 Å². The Morgan fingerprint density at radius 2 is 1.65 bits per heavy atom. The number of pyridine rings is 1. The van der Waals surface area contributed by atoms with E-state index in [4.69, 9.17) is 9.47 Å². The van der Waals surface area contributed by atoms with Crippen LogP contribution < -0.4 is 19.3 Å². The molecule has 0 unspecified atom stereocenters. The molecule has 8 nitrogen and oxygen atoms in total. The van der Waals surface area contributed by atoms with Crippen molar-refractivity contribution in [1.29, 1.82) is 0 Å². The maximum absolute atomic E-state index is 15.6. The molecular formula is C31H27F4N5O3. The van der Waals surface area contributed by atoms with Gasteiger partial charge in [-0.3, -0.25) is 9.80 Å². The van der Waals surface area contributed by atoms with Crippen molar-refractivity contribution in [2.24, 2.45) is 0 Å². The van der Waals surface area contributed by atoms with Crippen LogP contribution >= 0.6 is 0 Å². The lowest BCUT2D eigenvalue weighted by atomic mass is 10.1.